The van der Waals surface area contributed by atoms with Crippen LogP contribution in [0.3, 0.4) is 0 Å². The minimum absolute atomic E-state index is 0.0862. The summed E-state index contributed by atoms with van der Waals surface area (Å²) in [5.74, 6) is 1.46. The lowest BCUT2D eigenvalue weighted by molar-refractivity contribution is -0.120. The quantitative estimate of drug-likeness (QED) is 0.126. The van der Waals surface area contributed by atoms with E-state index in [1.807, 2.05) is 69.7 Å². The maximum absolute atomic E-state index is 6.71. The summed E-state index contributed by atoms with van der Waals surface area (Å²) in [6.07, 6.45) is 6.51. The van der Waals surface area contributed by atoms with Crippen LogP contribution in [0.1, 0.15) is 89.7 Å². The lowest BCUT2D eigenvalue weighted by atomic mass is 9.84. The van der Waals surface area contributed by atoms with Crippen LogP contribution in [0.15, 0.2) is 97.6 Å². The van der Waals surface area contributed by atoms with Crippen molar-refractivity contribution >= 4 is 22.7 Å². The zero-order valence-corrected chi connectivity index (χ0v) is 33.4. The summed E-state index contributed by atoms with van der Waals surface area (Å²) in [6.45, 7) is 14.2. The van der Waals surface area contributed by atoms with E-state index in [0.29, 0.717) is 24.8 Å². The molecule has 0 aliphatic carbocycles. The van der Waals surface area contributed by atoms with Crippen molar-refractivity contribution in [1.82, 2.24) is 29.2 Å². The summed E-state index contributed by atoms with van der Waals surface area (Å²) in [5.41, 5.74) is 16.8. The Bertz CT molecular complexity index is 2040. The predicted molar refractivity (Wildman–Crippen MR) is 217 cm³/mol. The Morgan fingerprint density at radius 1 is 0.589 bits per heavy atom. The van der Waals surface area contributed by atoms with Crippen LogP contribution >= 0.6 is 0 Å². The van der Waals surface area contributed by atoms with Gasteiger partial charge < -0.3 is 30.4 Å². The first-order valence-electron chi connectivity index (χ1n) is 20.0. The Balaban J connectivity index is 0.000000172. The molecule has 8 atom stereocenters. The van der Waals surface area contributed by atoms with E-state index >= 15 is 0 Å². The summed E-state index contributed by atoms with van der Waals surface area (Å²) in [7, 11) is 0. The van der Waals surface area contributed by atoms with Crippen LogP contribution in [0.25, 0.3) is 11.0 Å². The second-order valence-corrected chi connectivity index (χ2v) is 15.1. The van der Waals surface area contributed by atoms with E-state index in [1.165, 1.54) is 12.7 Å². The molecule has 6 heterocycles. The number of nitrogens with two attached hydrogens (primary N) is 2. The molecule has 56 heavy (non-hydrogen) atoms. The first-order valence-corrected chi connectivity index (χ1v) is 20.0. The third-order valence-corrected chi connectivity index (χ3v) is 12.0. The van der Waals surface area contributed by atoms with E-state index in [9.17, 15) is 0 Å². The second kappa shape index (κ2) is 16.7. The molecule has 2 fully saturated rings. The van der Waals surface area contributed by atoms with Crippen molar-refractivity contribution in [3.05, 3.63) is 120 Å². The van der Waals surface area contributed by atoms with Crippen molar-refractivity contribution in [2.75, 3.05) is 11.5 Å². The fraction of sp³-hybridized carbons (Fsp3) is 0.455. The summed E-state index contributed by atoms with van der Waals surface area (Å²) in [4.78, 5) is 8.22. The van der Waals surface area contributed by atoms with Crippen LogP contribution in [0.5, 0.6) is 0 Å². The molecule has 0 amide bonds. The molecule has 0 radical (unpaired) electrons. The van der Waals surface area contributed by atoms with Gasteiger partial charge in [-0.05, 0) is 61.1 Å². The smallest absolute Gasteiger partial charge is 0.151 e. The maximum Gasteiger partial charge on any atom is 0.151 e. The lowest BCUT2D eigenvalue weighted by Gasteiger charge is -2.34. The van der Waals surface area contributed by atoms with Crippen LogP contribution in [0.4, 0.5) is 11.6 Å². The zero-order chi connectivity index (χ0) is 39.5. The third-order valence-electron chi connectivity index (χ3n) is 12.0. The van der Waals surface area contributed by atoms with Gasteiger partial charge in [0.25, 0.3) is 0 Å². The highest BCUT2D eigenvalue weighted by Crippen LogP contribution is 2.49. The van der Waals surface area contributed by atoms with Gasteiger partial charge in [-0.2, -0.15) is 10.2 Å². The van der Waals surface area contributed by atoms with E-state index in [1.54, 1.807) is 0 Å². The summed E-state index contributed by atoms with van der Waals surface area (Å²) < 4.78 is 30.2. The largest absolute Gasteiger partial charge is 0.382 e. The number of hydrogen-bond donors (Lipinski definition) is 2. The molecule has 0 saturated carbocycles. The highest BCUT2D eigenvalue weighted by Gasteiger charge is 2.56. The van der Waals surface area contributed by atoms with Crippen molar-refractivity contribution in [3.8, 4) is 0 Å². The molecule has 2 unspecified atom stereocenters. The maximum atomic E-state index is 6.71. The Morgan fingerprint density at radius 3 is 1.34 bits per heavy atom. The van der Waals surface area contributed by atoms with Crippen molar-refractivity contribution < 1.29 is 18.9 Å². The number of fused-ring (bicyclic) bond motifs is 2. The molecule has 4 aromatic heterocycles. The van der Waals surface area contributed by atoms with Gasteiger partial charge in [0.15, 0.2) is 11.6 Å². The fourth-order valence-corrected chi connectivity index (χ4v) is 9.02. The van der Waals surface area contributed by atoms with Gasteiger partial charge in [0, 0.05) is 11.8 Å². The van der Waals surface area contributed by atoms with Crippen molar-refractivity contribution in [1.29, 1.82) is 0 Å². The number of hydrogen-bond acceptors (Lipinski definition) is 10. The molecule has 12 nitrogen and oxygen atoms in total. The highest BCUT2D eigenvalue weighted by molar-refractivity contribution is 5.66. The van der Waals surface area contributed by atoms with Crippen molar-refractivity contribution in [2.24, 2.45) is 11.8 Å². The molecule has 2 aliphatic heterocycles. The molecule has 296 valence electrons. The molecule has 8 rings (SSSR count). The van der Waals surface area contributed by atoms with Gasteiger partial charge in [0.05, 0.1) is 49.0 Å². The molecule has 4 N–H and O–H groups in total. The molecular formula is C44H56N8O4. The van der Waals surface area contributed by atoms with Crippen LogP contribution < -0.4 is 11.5 Å². The van der Waals surface area contributed by atoms with Crippen LogP contribution in [0, 0.1) is 11.8 Å². The van der Waals surface area contributed by atoms with Crippen LogP contribution in [-0.2, 0) is 43.4 Å². The van der Waals surface area contributed by atoms with Gasteiger partial charge in [-0.1, -0.05) is 102 Å². The fourth-order valence-electron chi connectivity index (χ4n) is 9.02. The van der Waals surface area contributed by atoms with Crippen LogP contribution in [-0.4, -0.2) is 53.6 Å². The number of nitrogen functional groups attached to an aromatic ring is 2. The predicted octanol–water partition coefficient (Wildman–Crippen LogP) is 7.89. The summed E-state index contributed by atoms with van der Waals surface area (Å²) in [6, 6.07) is 28.6. The lowest BCUT2D eigenvalue weighted by Crippen LogP contribution is -2.41. The Hall–Kier alpha value is -4.88. The average Bonchev–Trinajstić information content (AvgIpc) is 4.00. The number of aromatic nitrogens is 6. The normalized spacial score (nSPS) is 27.5. The number of benzene rings is 2. The monoisotopic (exact) mass is 760 g/mol. The van der Waals surface area contributed by atoms with Gasteiger partial charge in [0.2, 0.25) is 0 Å². The van der Waals surface area contributed by atoms with E-state index in [2.05, 4.69) is 86.0 Å². The number of anilines is 2. The first-order chi connectivity index (χ1) is 27.2. The molecule has 2 aromatic carbocycles. The van der Waals surface area contributed by atoms with E-state index in [-0.39, 0.29) is 36.3 Å². The number of nitrogens with zero attached hydrogens (tertiary/aromatic N) is 6. The van der Waals surface area contributed by atoms with Gasteiger partial charge in [-0.3, -0.25) is 0 Å². The van der Waals surface area contributed by atoms with Gasteiger partial charge in [-0.15, -0.1) is 0 Å². The zero-order valence-electron chi connectivity index (χ0n) is 33.4. The van der Waals surface area contributed by atoms with Crippen LogP contribution in [0.2, 0.25) is 0 Å². The van der Waals surface area contributed by atoms with E-state index in [4.69, 9.17) is 30.4 Å². The number of rotatable bonds is 12. The topological polar surface area (TPSA) is 149 Å². The molecule has 6 aromatic rings. The molecule has 0 spiro atoms. The van der Waals surface area contributed by atoms with E-state index in [0.717, 1.165) is 59.2 Å². The van der Waals surface area contributed by atoms with Gasteiger partial charge >= 0.3 is 0 Å². The molecular weight excluding hydrogens is 705 g/mol. The molecule has 12 heteroatoms. The minimum Gasteiger partial charge on any atom is -0.382 e. The molecule has 0 bridgehead atoms. The van der Waals surface area contributed by atoms with Gasteiger partial charge in [-0.25, -0.2) is 19.0 Å². The van der Waals surface area contributed by atoms with E-state index < -0.39 is 11.2 Å². The standard InChI is InChI=1S/2C22H28N4O2/c2*1-4-18-15(3)20(27-13-16-9-7-6-8-10-16)22(5-2,28-18)19-12-11-17-21(23)24-14-25-26(17)19/h2*6-12,14-15,18,20H,4-5,13H2,1-3H3,(H2,23,24,25)/t15?,18-,20+,22+;15?,18-,20+,22-/m11/s1. The second-order valence-electron chi connectivity index (χ2n) is 15.1. The minimum atomic E-state index is -0.581. The molecule has 2 saturated heterocycles. The number of ether oxygens (including phenoxy) is 4. The highest BCUT2D eigenvalue weighted by atomic mass is 16.6. The summed E-state index contributed by atoms with van der Waals surface area (Å²) >= 11 is 0. The Kier molecular flexibility index (Phi) is 11.7. The summed E-state index contributed by atoms with van der Waals surface area (Å²) in [5, 5.41) is 8.92. The van der Waals surface area contributed by atoms with Crippen molar-refractivity contribution in [2.45, 2.75) is 116 Å². The average molecular weight is 761 g/mol. The van der Waals surface area contributed by atoms with Gasteiger partial charge in [0.1, 0.15) is 34.9 Å². The Labute approximate surface area is 329 Å². The first kappa shape index (κ1) is 39.4. The van der Waals surface area contributed by atoms with Crippen molar-refractivity contribution in [3.63, 3.8) is 0 Å². The SMILES string of the molecule is CC[C@H]1O[C@@](CC)(c2ccc3c(N)ncnn23)[C@@H](OCc2ccccc2)C1C.CC[C@H]1O[C@](CC)(c2ccc3c(N)ncnn23)[C@@H](OCc2ccccc2)C1C. The third kappa shape index (κ3) is 7.04. The Morgan fingerprint density at radius 2 is 0.982 bits per heavy atom. The molecule has 2 aliphatic rings.